The van der Waals surface area contributed by atoms with Crippen molar-refractivity contribution < 1.29 is 9.34 Å². The van der Waals surface area contributed by atoms with Crippen LogP contribution >= 0.6 is 23.5 Å². The maximum absolute atomic E-state index is 11.7. The molecule has 35 heavy (non-hydrogen) atoms. The van der Waals surface area contributed by atoms with Gasteiger partial charge in [0, 0.05) is 20.9 Å². The predicted octanol–water partition coefficient (Wildman–Crippen LogP) is 8.02. The summed E-state index contributed by atoms with van der Waals surface area (Å²) in [7, 11) is 0. The highest BCUT2D eigenvalue weighted by molar-refractivity contribution is 7.98. The van der Waals surface area contributed by atoms with Crippen LogP contribution in [0.1, 0.15) is 0 Å². The van der Waals surface area contributed by atoms with Crippen molar-refractivity contribution >= 4 is 29.2 Å². The lowest BCUT2D eigenvalue weighted by Gasteiger charge is -2.07. The van der Waals surface area contributed by atoms with Crippen molar-refractivity contribution in [3.63, 3.8) is 0 Å². The molecule has 174 valence electrons. The molecule has 0 bridgehead atoms. The van der Waals surface area contributed by atoms with Gasteiger partial charge in [-0.1, -0.05) is 48.5 Å². The summed E-state index contributed by atoms with van der Waals surface area (Å²) in [6.45, 7) is 0. The molecule has 5 aromatic rings. The zero-order valence-corrected chi connectivity index (χ0v) is 20.7. The molecule has 0 atom stereocenters. The molecule has 6 nitrogen and oxygen atoms in total. The summed E-state index contributed by atoms with van der Waals surface area (Å²) in [5.41, 5.74) is 5.59. The molecule has 2 heterocycles. The van der Waals surface area contributed by atoms with E-state index in [4.69, 9.17) is 4.42 Å². The van der Waals surface area contributed by atoms with E-state index < -0.39 is 0 Å². The van der Waals surface area contributed by atoms with Crippen LogP contribution in [0.3, 0.4) is 0 Å². The predicted molar refractivity (Wildman–Crippen MR) is 143 cm³/mol. The molecule has 3 aromatic carbocycles. The van der Waals surface area contributed by atoms with Gasteiger partial charge in [-0.3, -0.25) is 10.1 Å². The molecule has 1 N–H and O–H groups in total. The Morgan fingerprint density at radius 1 is 0.800 bits per heavy atom. The quantitative estimate of drug-likeness (QED) is 0.139. The van der Waals surface area contributed by atoms with Gasteiger partial charge in [0.2, 0.25) is 0 Å². The van der Waals surface area contributed by atoms with E-state index in [0.717, 1.165) is 32.8 Å². The second kappa shape index (κ2) is 9.85. The van der Waals surface area contributed by atoms with E-state index in [1.807, 2.05) is 73.2 Å². The Bertz CT molecular complexity index is 1470. The Morgan fingerprint density at radius 2 is 1.34 bits per heavy atom. The lowest BCUT2D eigenvalue weighted by atomic mass is 9.98. The number of hydrogen-bond donors (Lipinski definition) is 1. The van der Waals surface area contributed by atoms with Gasteiger partial charge in [0.25, 0.3) is 5.69 Å². The molecule has 0 unspecified atom stereocenters. The number of nitrogens with one attached hydrogen (secondary N) is 1. The summed E-state index contributed by atoms with van der Waals surface area (Å²) in [6, 6.07) is 23.8. The van der Waals surface area contributed by atoms with E-state index in [2.05, 4.69) is 22.1 Å². The van der Waals surface area contributed by atoms with Gasteiger partial charge in [0.15, 0.2) is 12.2 Å². The number of rotatable bonds is 7. The zero-order valence-electron chi connectivity index (χ0n) is 19.0. The SMILES string of the molecule is CSc1ccc(-c2ncoc2-c2ccc(-c3[nH]cc([N+](=O)[O-])c3-c3ccc(SC)cc3)cc2)cc1. The van der Waals surface area contributed by atoms with Gasteiger partial charge in [-0.2, -0.15) is 0 Å². The molecule has 0 saturated carbocycles. The van der Waals surface area contributed by atoms with Crippen molar-refractivity contribution in [3.05, 3.63) is 95.5 Å². The molecule has 0 spiro atoms. The van der Waals surface area contributed by atoms with Gasteiger partial charge >= 0.3 is 0 Å². The highest BCUT2D eigenvalue weighted by atomic mass is 32.2. The van der Waals surface area contributed by atoms with E-state index in [-0.39, 0.29) is 10.6 Å². The highest BCUT2D eigenvalue weighted by Gasteiger charge is 2.23. The van der Waals surface area contributed by atoms with Crippen LogP contribution in [-0.2, 0) is 0 Å². The van der Waals surface area contributed by atoms with Crippen LogP contribution < -0.4 is 0 Å². The summed E-state index contributed by atoms with van der Waals surface area (Å²) < 4.78 is 5.74. The number of aromatic nitrogens is 2. The van der Waals surface area contributed by atoms with Crippen LogP contribution in [0.5, 0.6) is 0 Å². The van der Waals surface area contributed by atoms with Crippen LogP contribution in [0.25, 0.3) is 45.0 Å². The minimum atomic E-state index is -0.352. The fourth-order valence-corrected chi connectivity index (χ4v) is 4.84. The molecule has 0 aliphatic carbocycles. The third-order valence-electron chi connectivity index (χ3n) is 5.80. The molecule has 0 radical (unpaired) electrons. The first-order chi connectivity index (χ1) is 17.1. The third kappa shape index (κ3) is 4.50. The maximum Gasteiger partial charge on any atom is 0.295 e. The average molecular weight is 500 g/mol. The number of aromatic amines is 1. The van der Waals surface area contributed by atoms with Crippen LogP contribution in [0.4, 0.5) is 5.69 Å². The Balaban J connectivity index is 1.52. The zero-order chi connectivity index (χ0) is 24.4. The molecule has 0 aliphatic heterocycles. The van der Waals surface area contributed by atoms with Crippen molar-refractivity contribution in [2.24, 2.45) is 0 Å². The fourth-order valence-electron chi connectivity index (χ4n) is 4.03. The smallest absolute Gasteiger partial charge is 0.295 e. The molecule has 5 rings (SSSR count). The highest BCUT2D eigenvalue weighted by Crippen LogP contribution is 2.40. The second-order valence-electron chi connectivity index (χ2n) is 7.75. The third-order valence-corrected chi connectivity index (χ3v) is 7.29. The Kier molecular flexibility index (Phi) is 6.48. The molecular weight excluding hydrogens is 478 g/mol. The van der Waals surface area contributed by atoms with Gasteiger partial charge in [0.05, 0.1) is 22.4 Å². The minimum Gasteiger partial charge on any atom is -0.443 e. The number of nitrogens with zero attached hydrogens (tertiary/aromatic N) is 2. The largest absolute Gasteiger partial charge is 0.443 e. The normalized spacial score (nSPS) is 11.0. The number of hydrogen-bond acceptors (Lipinski definition) is 6. The Morgan fingerprint density at radius 3 is 1.91 bits per heavy atom. The van der Waals surface area contributed by atoms with Gasteiger partial charge < -0.3 is 9.40 Å². The summed E-state index contributed by atoms with van der Waals surface area (Å²) in [4.78, 5) is 21.2. The number of benzene rings is 3. The summed E-state index contributed by atoms with van der Waals surface area (Å²) in [6.07, 6.45) is 6.95. The first-order valence-electron chi connectivity index (χ1n) is 10.8. The summed E-state index contributed by atoms with van der Waals surface area (Å²) in [5.74, 6) is 0.679. The van der Waals surface area contributed by atoms with Gasteiger partial charge in [-0.25, -0.2) is 4.98 Å². The van der Waals surface area contributed by atoms with Crippen molar-refractivity contribution in [3.8, 4) is 45.0 Å². The summed E-state index contributed by atoms with van der Waals surface area (Å²) >= 11 is 3.32. The topological polar surface area (TPSA) is 85.0 Å². The first kappa shape index (κ1) is 23.0. The van der Waals surface area contributed by atoms with E-state index in [1.54, 1.807) is 23.5 Å². The van der Waals surface area contributed by atoms with E-state index in [1.165, 1.54) is 17.5 Å². The minimum absolute atomic E-state index is 0.0483. The molecule has 2 aromatic heterocycles. The average Bonchev–Trinajstić information content (AvgIpc) is 3.57. The Labute approximate surface area is 211 Å². The molecule has 0 aliphatic rings. The molecule has 8 heteroatoms. The monoisotopic (exact) mass is 499 g/mol. The van der Waals surface area contributed by atoms with Crippen LogP contribution in [0.2, 0.25) is 0 Å². The molecule has 0 amide bonds. The number of H-pyrrole nitrogens is 1. The van der Waals surface area contributed by atoms with Crippen molar-refractivity contribution in [1.29, 1.82) is 0 Å². The number of thioether (sulfide) groups is 2. The van der Waals surface area contributed by atoms with E-state index >= 15 is 0 Å². The first-order valence-corrected chi connectivity index (χ1v) is 13.2. The summed E-state index contributed by atoms with van der Waals surface area (Å²) in [5, 5.41) is 11.7. The van der Waals surface area contributed by atoms with Gasteiger partial charge in [-0.05, 0) is 47.9 Å². The fraction of sp³-hybridized carbons (Fsp3) is 0.0741. The van der Waals surface area contributed by atoms with Crippen LogP contribution in [0, 0.1) is 10.1 Å². The molecule has 0 saturated heterocycles. The van der Waals surface area contributed by atoms with Crippen LogP contribution in [0.15, 0.2) is 99.6 Å². The second-order valence-corrected chi connectivity index (χ2v) is 9.50. The lowest BCUT2D eigenvalue weighted by Crippen LogP contribution is -1.90. The standard InChI is InChI=1S/C27H21N3O3S2/c1-34-21-11-7-17(8-12-21)24-23(30(31)32)15-28-25(24)18-3-5-20(6-4-18)27-26(29-16-33-27)19-9-13-22(35-2)14-10-19/h3-16,28H,1-2H3. The number of nitro groups is 1. The Hall–Kier alpha value is -3.75. The molecule has 0 fully saturated rings. The van der Waals surface area contributed by atoms with Gasteiger partial charge in [0.1, 0.15) is 5.69 Å². The van der Waals surface area contributed by atoms with Crippen LogP contribution in [-0.4, -0.2) is 27.4 Å². The number of oxazole rings is 1. The van der Waals surface area contributed by atoms with Crippen molar-refractivity contribution in [2.45, 2.75) is 9.79 Å². The van der Waals surface area contributed by atoms with Crippen molar-refractivity contribution in [2.75, 3.05) is 12.5 Å². The lowest BCUT2D eigenvalue weighted by molar-refractivity contribution is -0.384. The maximum atomic E-state index is 11.7. The van der Waals surface area contributed by atoms with Gasteiger partial charge in [-0.15, -0.1) is 23.5 Å². The van der Waals surface area contributed by atoms with Crippen molar-refractivity contribution in [1.82, 2.24) is 9.97 Å². The van der Waals surface area contributed by atoms with E-state index in [0.29, 0.717) is 17.0 Å². The van der Waals surface area contributed by atoms with E-state index in [9.17, 15) is 10.1 Å². The molecular formula is C27H21N3O3S2.